The summed E-state index contributed by atoms with van der Waals surface area (Å²) < 4.78 is 25.2. The highest BCUT2D eigenvalue weighted by atomic mass is 19.1. The summed E-state index contributed by atoms with van der Waals surface area (Å²) in [6, 6.07) is 14.7. The van der Waals surface area contributed by atoms with E-state index in [9.17, 15) is 14.0 Å². The van der Waals surface area contributed by atoms with Gasteiger partial charge in [-0.05, 0) is 38.1 Å². The molecule has 0 saturated heterocycles. The Labute approximate surface area is 186 Å². The van der Waals surface area contributed by atoms with Crippen molar-refractivity contribution in [2.45, 2.75) is 13.8 Å². The number of hydrazine groups is 1. The number of hydrogen-bond acceptors (Lipinski definition) is 6. The van der Waals surface area contributed by atoms with Crippen molar-refractivity contribution in [3.05, 3.63) is 83.0 Å². The Morgan fingerprint density at radius 2 is 1.70 bits per heavy atom. The molecule has 2 N–H and O–H groups in total. The second-order valence-electron chi connectivity index (χ2n) is 7.44. The lowest BCUT2D eigenvalue weighted by Gasteiger charge is -2.09. The van der Waals surface area contributed by atoms with Crippen LogP contribution >= 0.6 is 0 Å². The fourth-order valence-corrected chi connectivity index (χ4v) is 3.71. The highest BCUT2D eigenvalue weighted by molar-refractivity contribution is 6.08. The predicted octanol–water partition coefficient (Wildman–Crippen LogP) is 4.47. The molecule has 5 aromatic rings. The topological polar surface area (TPSA) is 110 Å². The van der Waals surface area contributed by atoms with Crippen LogP contribution in [-0.2, 0) is 0 Å². The zero-order chi connectivity index (χ0) is 23.1. The number of nitrogens with one attached hydrogen (secondary N) is 2. The van der Waals surface area contributed by atoms with Crippen molar-refractivity contribution in [1.29, 1.82) is 0 Å². The number of para-hydroxylation sites is 1. The SMILES string of the molecule is Cc1c(C(=O)NNC(=O)c2cc(-c3ccccc3F)nc3onc(C)c23)oc2ccccc12. The molecular weight excluding hydrogens is 427 g/mol. The first-order valence-electron chi connectivity index (χ1n) is 10.0. The zero-order valence-electron chi connectivity index (χ0n) is 17.6. The van der Waals surface area contributed by atoms with Gasteiger partial charge in [0, 0.05) is 16.5 Å². The van der Waals surface area contributed by atoms with Crippen LogP contribution in [0.1, 0.15) is 32.2 Å². The van der Waals surface area contributed by atoms with E-state index in [1.807, 2.05) is 12.1 Å². The van der Waals surface area contributed by atoms with Gasteiger partial charge in [0.1, 0.15) is 11.4 Å². The molecule has 0 unspecified atom stereocenters. The number of halogens is 1. The van der Waals surface area contributed by atoms with Gasteiger partial charge < -0.3 is 8.94 Å². The van der Waals surface area contributed by atoms with Crippen LogP contribution in [0.5, 0.6) is 0 Å². The Bertz CT molecular complexity index is 1550. The van der Waals surface area contributed by atoms with Gasteiger partial charge in [-0.3, -0.25) is 20.4 Å². The van der Waals surface area contributed by atoms with Gasteiger partial charge in [0.15, 0.2) is 5.76 Å². The van der Waals surface area contributed by atoms with Crippen LogP contribution in [0.25, 0.3) is 33.3 Å². The predicted molar refractivity (Wildman–Crippen MR) is 118 cm³/mol. The molecule has 0 bridgehead atoms. The molecule has 8 nitrogen and oxygen atoms in total. The van der Waals surface area contributed by atoms with E-state index in [0.717, 1.165) is 5.39 Å². The average Bonchev–Trinajstić information content (AvgIpc) is 3.37. The molecule has 0 radical (unpaired) electrons. The Hall–Kier alpha value is -4.53. The van der Waals surface area contributed by atoms with Crippen molar-refractivity contribution in [2.75, 3.05) is 0 Å². The lowest BCUT2D eigenvalue weighted by atomic mass is 10.0. The van der Waals surface area contributed by atoms with Crippen LogP contribution in [0.4, 0.5) is 4.39 Å². The van der Waals surface area contributed by atoms with Gasteiger partial charge in [0.25, 0.3) is 11.6 Å². The van der Waals surface area contributed by atoms with Gasteiger partial charge in [-0.2, -0.15) is 0 Å². The molecule has 9 heteroatoms. The third-order valence-electron chi connectivity index (χ3n) is 5.35. The maximum atomic E-state index is 14.3. The molecule has 0 aliphatic carbocycles. The molecule has 164 valence electrons. The fourth-order valence-electron chi connectivity index (χ4n) is 3.71. The van der Waals surface area contributed by atoms with Crippen molar-refractivity contribution in [1.82, 2.24) is 21.0 Å². The number of aryl methyl sites for hydroxylation is 2. The van der Waals surface area contributed by atoms with E-state index in [4.69, 9.17) is 8.94 Å². The zero-order valence-corrected chi connectivity index (χ0v) is 17.6. The van der Waals surface area contributed by atoms with E-state index in [1.54, 1.807) is 44.2 Å². The van der Waals surface area contributed by atoms with E-state index in [2.05, 4.69) is 21.0 Å². The summed E-state index contributed by atoms with van der Waals surface area (Å²) in [6.45, 7) is 3.42. The average molecular weight is 444 g/mol. The first-order chi connectivity index (χ1) is 15.9. The molecule has 2 aromatic carbocycles. The van der Waals surface area contributed by atoms with Gasteiger partial charge in [-0.15, -0.1) is 0 Å². The van der Waals surface area contributed by atoms with E-state index in [1.165, 1.54) is 12.1 Å². The largest absolute Gasteiger partial charge is 0.451 e. The van der Waals surface area contributed by atoms with Crippen molar-refractivity contribution in [3.8, 4) is 11.3 Å². The van der Waals surface area contributed by atoms with E-state index in [-0.39, 0.29) is 28.3 Å². The molecule has 0 fully saturated rings. The molecule has 0 spiro atoms. The van der Waals surface area contributed by atoms with Crippen LogP contribution in [0.15, 0.2) is 63.5 Å². The standard InChI is InChI=1S/C24H17FN4O4/c1-12-14-7-4-6-10-19(14)32-21(12)23(31)28-27-22(30)16-11-18(15-8-3-5-9-17(15)25)26-24-20(16)13(2)29-33-24/h3-11H,1-2H3,(H,27,30)(H,28,31). The highest BCUT2D eigenvalue weighted by Gasteiger charge is 2.22. The van der Waals surface area contributed by atoms with Crippen molar-refractivity contribution >= 4 is 33.9 Å². The van der Waals surface area contributed by atoms with Crippen molar-refractivity contribution < 1.29 is 22.9 Å². The summed E-state index contributed by atoms with van der Waals surface area (Å²) in [5.41, 5.74) is 7.00. The maximum Gasteiger partial charge on any atom is 0.305 e. The molecule has 0 saturated carbocycles. The molecule has 3 heterocycles. The van der Waals surface area contributed by atoms with Crippen molar-refractivity contribution in [3.63, 3.8) is 0 Å². The first-order valence-corrected chi connectivity index (χ1v) is 10.0. The minimum atomic E-state index is -0.645. The molecule has 33 heavy (non-hydrogen) atoms. The van der Waals surface area contributed by atoms with Gasteiger partial charge in [0.05, 0.1) is 22.3 Å². The number of nitrogens with zero attached hydrogens (tertiary/aromatic N) is 2. The maximum absolute atomic E-state index is 14.3. The van der Waals surface area contributed by atoms with Gasteiger partial charge in [0.2, 0.25) is 0 Å². The quantitative estimate of drug-likeness (QED) is 0.398. The second kappa shape index (κ2) is 7.86. The number of furan rings is 1. The monoisotopic (exact) mass is 444 g/mol. The molecule has 0 aliphatic heterocycles. The number of benzene rings is 2. The second-order valence-corrected chi connectivity index (χ2v) is 7.44. The van der Waals surface area contributed by atoms with E-state index in [0.29, 0.717) is 22.2 Å². The summed E-state index contributed by atoms with van der Waals surface area (Å²) >= 11 is 0. The molecule has 3 aromatic heterocycles. The Kier molecular flexibility index (Phi) is 4.86. The van der Waals surface area contributed by atoms with Gasteiger partial charge in [-0.1, -0.05) is 35.5 Å². The van der Waals surface area contributed by atoms with Crippen LogP contribution in [-0.4, -0.2) is 22.0 Å². The smallest absolute Gasteiger partial charge is 0.305 e. The minimum absolute atomic E-state index is 0.0814. The number of carbonyl (C=O) groups is 2. The number of fused-ring (bicyclic) bond motifs is 2. The molecule has 0 aliphatic rings. The van der Waals surface area contributed by atoms with Crippen LogP contribution < -0.4 is 10.9 Å². The van der Waals surface area contributed by atoms with Gasteiger partial charge >= 0.3 is 5.91 Å². The van der Waals surface area contributed by atoms with Crippen LogP contribution in [0.2, 0.25) is 0 Å². The molecule has 2 amide bonds. The molecule has 5 rings (SSSR count). The first kappa shape index (κ1) is 20.4. The summed E-state index contributed by atoms with van der Waals surface area (Å²) in [6.07, 6.45) is 0. The number of pyridine rings is 1. The van der Waals surface area contributed by atoms with Gasteiger partial charge in [-0.25, -0.2) is 9.37 Å². The molecular formula is C24H17FN4O4. The Morgan fingerprint density at radius 3 is 2.48 bits per heavy atom. The van der Waals surface area contributed by atoms with Crippen molar-refractivity contribution in [2.24, 2.45) is 0 Å². The summed E-state index contributed by atoms with van der Waals surface area (Å²) in [7, 11) is 0. The number of hydrogen-bond donors (Lipinski definition) is 2. The fraction of sp³-hybridized carbons (Fsp3) is 0.0833. The van der Waals surface area contributed by atoms with Crippen LogP contribution in [0, 0.1) is 19.7 Å². The third kappa shape index (κ3) is 3.49. The number of rotatable bonds is 3. The highest BCUT2D eigenvalue weighted by Crippen LogP contribution is 2.28. The number of aromatic nitrogens is 2. The Balaban J connectivity index is 1.46. The summed E-state index contributed by atoms with van der Waals surface area (Å²) in [5, 5.41) is 5.03. The number of amides is 2. The van der Waals surface area contributed by atoms with E-state index < -0.39 is 17.6 Å². The molecule has 0 atom stereocenters. The third-order valence-corrected chi connectivity index (χ3v) is 5.35. The van der Waals surface area contributed by atoms with E-state index >= 15 is 0 Å². The minimum Gasteiger partial charge on any atom is -0.451 e. The Morgan fingerprint density at radius 1 is 0.970 bits per heavy atom. The lowest BCUT2D eigenvalue weighted by Crippen LogP contribution is -2.41. The normalized spacial score (nSPS) is 11.1. The van der Waals surface area contributed by atoms with Crippen LogP contribution in [0.3, 0.4) is 0 Å². The number of carbonyl (C=O) groups excluding carboxylic acids is 2. The lowest BCUT2D eigenvalue weighted by molar-refractivity contribution is 0.0832. The summed E-state index contributed by atoms with van der Waals surface area (Å²) in [4.78, 5) is 30.0. The summed E-state index contributed by atoms with van der Waals surface area (Å²) in [5.74, 6) is -1.67.